The van der Waals surface area contributed by atoms with Gasteiger partial charge in [-0.15, -0.1) is 0 Å². The number of nitrogens with zero attached hydrogens (tertiary/aromatic N) is 2. The molecule has 2 saturated heterocycles. The molecule has 0 bridgehead atoms. The van der Waals surface area contributed by atoms with Crippen LogP contribution in [0, 0.1) is 0 Å². The number of rotatable bonds is 4. The summed E-state index contributed by atoms with van der Waals surface area (Å²) in [5, 5.41) is 2.95. The highest BCUT2D eigenvalue weighted by atomic mass is 16.5. The van der Waals surface area contributed by atoms with E-state index in [0.29, 0.717) is 13.1 Å². The molecule has 3 amide bonds. The van der Waals surface area contributed by atoms with E-state index in [4.69, 9.17) is 4.74 Å². The molecule has 2 atom stereocenters. The van der Waals surface area contributed by atoms with E-state index < -0.39 is 5.54 Å². The number of carbonyl (C=O) groups excluding carboxylic acids is 2. The van der Waals surface area contributed by atoms with Crippen molar-refractivity contribution in [2.75, 3.05) is 26.2 Å². The Labute approximate surface area is 154 Å². The second kappa shape index (κ2) is 7.00. The summed E-state index contributed by atoms with van der Waals surface area (Å²) < 4.78 is 6.09. The van der Waals surface area contributed by atoms with Crippen molar-refractivity contribution in [3.63, 3.8) is 0 Å². The van der Waals surface area contributed by atoms with Gasteiger partial charge in [-0.1, -0.05) is 43.2 Å². The van der Waals surface area contributed by atoms with Gasteiger partial charge in [-0.2, -0.15) is 0 Å². The number of hydrogen-bond donors (Lipinski definition) is 1. The highest BCUT2D eigenvalue weighted by Crippen LogP contribution is 2.35. The first-order valence-corrected chi connectivity index (χ1v) is 9.64. The van der Waals surface area contributed by atoms with Crippen LogP contribution in [0.3, 0.4) is 0 Å². The number of amides is 3. The molecule has 2 unspecified atom stereocenters. The Morgan fingerprint density at radius 1 is 1.12 bits per heavy atom. The van der Waals surface area contributed by atoms with Crippen LogP contribution >= 0.6 is 0 Å². The summed E-state index contributed by atoms with van der Waals surface area (Å²) in [6.07, 6.45) is 3.74. The summed E-state index contributed by atoms with van der Waals surface area (Å²) in [6.45, 7) is 4.80. The zero-order valence-corrected chi connectivity index (χ0v) is 15.3. The predicted molar refractivity (Wildman–Crippen MR) is 97.6 cm³/mol. The molecule has 140 valence electrons. The first-order valence-electron chi connectivity index (χ1n) is 9.64. The molecule has 2 heterocycles. The molecule has 6 nitrogen and oxygen atoms in total. The highest BCUT2D eigenvalue weighted by Gasteiger charge is 2.52. The lowest BCUT2D eigenvalue weighted by atomic mass is 9.98. The quantitative estimate of drug-likeness (QED) is 0.840. The van der Waals surface area contributed by atoms with Gasteiger partial charge in [0.25, 0.3) is 5.91 Å². The van der Waals surface area contributed by atoms with Crippen LogP contribution in [-0.4, -0.2) is 59.6 Å². The minimum Gasteiger partial charge on any atom is -0.368 e. The molecule has 0 radical (unpaired) electrons. The van der Waals surface area contributed by atoms with Gasteiger partial charge in [0.1, 0.15) is 5.54 Å². The normalized spacial score (nSPS) is 28.7. The summed E-state index contributed by atoms with van der Waals surface area (Å²) >= 11 is 0. The van der Waals surface area contributed by atoms with Gasteiger partial charge < -0.3 is 10.1 Å². The molecular weight excluding hydrogens is 330 g/mol. The van der Waals surface area contributed by atoms with E-state index in [1.807, 2.05) is 18.2 Å². The van der Waals surface area contributed by atoms with E-state index >= 15 is 0 Å². The maximum Gasteiger partial charge on any atom is 0.325 e. The maximum atomic E-state index is 12.8. The Hall–Kier alpha value is -1.92. The summed E-state index contributed by atoms with van der Waals surface area (Å²) in [5.41, 5.74) is 0.561. The van der Waals surface area contributed by atoms with E-state index in [9.17, 15) is 9.59 Å². The predicted octanol–water partition coefficient (Wildman–Crippen LogP) is 2.31. The van der Waals surface area contributed by atoms with Crippen molar-refractivity contribution in [2.45, 2.75) is 50.4 Å². The summed E-state index contributed by atoms with van der Waals surface area (Å²) in [5.74, 6) is -0.0269. The Morgan fingerprint density at radius 3 is 2.58 bits per heavy atom. The van der Waals surface area contributed by atoms with E-state index in [2.05, 4.69) is 29.3 Å². The third kappa shape index (κ3) is 3.23. The van der Waals surface area contributed by atoms with Gasteiger partial charge in [0.05, 0.1) is 12.2 Å². The Balaban J connectivity index is 1.38. The van der Waals surface area contributed by atoms with Crippen molar-refractivity contribution in [2.24, 2.45) is 0 Å². The number of hydrogen-bond acceptors (Lipinski definition) is 4. The average molecular weight is 357 g/mol. The zero-order chi connectivity index (χ0) is 18.1. The SMILES string of the molecule is CC1CN(CCN2C(=O)NC3(CCCC3)C2=O)CC(c2ccccc2)O1. The molecule has 6 heteroatoms. The van der Waals surface area contributed by atoms with Crippen LogP contribution in [0.25, 0.3) is 0 Å². The minimum absolute atomic E-state index is 0.0269. The second-order valence-corrected chi connectivity index (χ2v) is 7.78. The number of carbonyl (C=O) groups is 2. The van der Waals surface area contributed by atoms with E-state index in [1.54, 1.807) is 0 Å². The lowest BCUT2D eigenvalue weighted by Gasteiger charge is -2.37. The summed E-state index contributed by atoms with van der Waals surface area (Å²) in [7, 11) is 0. The molecule has 3 aliphatic rings. The third-order valence-corrected chi connectivity index (χ3v) is 5.85. The Kier molecular flexibility index (Phi) is 4.71. The lowest BCUT2D eigenvalue weighted by molar-refractivity contribution is -0.131. The fourth-order valence-electron chi connectivity index (χ4n) is 4.51. The molecule has 1 aromatic rings. The molecule has 4 rings (SSSR count). The molecule has 1 saturated carbocycles. The Bertz CT molecular complexity index is 672. The standard InChI is InChI=1S/C20H27N3O3/c1-15-13-22(14-17(26-15)16-7-3-2-4-8-16)11-12-23-18(24)20(21-19(23)25)9-5-6-10-20/h2-4,7-8,15,17H,5-6,9-14H2,1H3,(H,21,25). The van der Waals surface area contributed by atoms with Crippen LogP contribution in [0.1, 0.15) is 44.3 Å². The van der Waals surface area contributed by atoms with Crippen LogP contribution in [0.15, 0.2) is 30.3 Å². The number of benzene rings is 1. The van der Waals surface area contributed by atoms with Gasteiger partial charge in [-0.3, -0.25) is 14.6 Å². The number of nitrogens with one attached hydrogen (secondary N) is 1. The van der Waals surface area contributed by atoms with Crippen molar-refractivity contribution in [1.82, 2.24) is 15.1 Å². The van der Waals surface area contributed by atoms with Crippen molar-refractivity contribution >= 4 is 11.9 Å². The van der Waals surface area contributed by atoms with Crippen LogP contribution in [0.5, 0.6) is 0 Å². The molecule has 3 fully saturated rings. The van der Waals surface area contributed by atoms with E-state index in [-0.39, 0.29) is 24.1 Å². The minimum atomic E-state index is -0.609. The summed E-state index contributed by atoms with van der Waals surface area (Å²) in [6, 6.07) is 10.00. The van der Waals surface area contributed by atoms with Crippen LogP contribution < -0.4 is 5.32 Å². The molecular formula is C20H27N3O3. The van der Waals surface area contributed by atoms with Crippen molar-refractivity contribution in [3.8, 4) is 0 Å². The van der Waals surface area contributed by atoms with Crippen molar-refractivity contribution in [3.05, 3.63) is 35.9 Å². The molecule has 2 aliphatic heterocycles. The lowest BCUT2D eigenvalue weighted by Crippen LogP contribution is -2.47. The van der Waals surface area contributed by atoms with E-state index in [0.717, 1.165) is 38.8 Å². The first kappa shape index (κ1) is 17.5. The first-order chi connectivity index (χ1) is 12.6. The van der Waals surface area contributed by atoms with Crippen LogP contribution in [-0.2, 0) is 9.53 Å². The number of imide groups is 1. The maximum absolute atomic E-state index is 12.8. The molecule has 1 N–H and O–H groups in total. The topological polar surface area (TPSA) is 61.9 Å². The fraction of sp³-hybridized carbons (Fsp3) is 0.600. The highest BCUT2D eigenvalue weighted by molar-refractivity contribution is 6.07. The van der Waals surface area contributed by atoms with Gasteiger partial charge >= 0.3 is 6.03 Å². The van der Waals surface area contributed by atoms with Gasteiger partial charge in [0.15, 0.2) is 0 Å². The second-order valence-electron chi connectivity index (χ2n) is 7.78. The molecule has 1 spiro atoms. The van der Waals surface area contributed by atoms with Gasteiger partial charge in [0, 0.05) is 26.2 Å². The third-order valence-electron chi connectivity index (χ3n) is 5.85. The molecule has 1 aliphatic carbocycles. The van der Waals surface area contributed by atoms with Crippen LogP contribution in [0.2, 0.25) is 0 Å². The smallest absolute Gasteiger partial charge is 0.325 e. The fourth-order valence-corrected chi connectivity index (χ4v) is 4.51. The van der Waals surface area contributed by atoms with Gasteiger partial charge in [-0.25, -0.2) is 4.79 Å². The van der Waals surface area contributed by atoms with Crippen LogP contribution in [0.4, 0.5) is 4.79 Å². The van der Waals surface area contributed by atoms with Gasteiger partial charge in [0.2, 0.25) is 0 Å². The molecule has 0 aromatic heterocycles. The van der Waals surface area contributed by atoms with Gasteiger partial charge in [-0.05, 0) is 25.3 Å². The zero-order valence-electron chi connectivity index (χ0n) is 15.3. The van der Waals surface area contributed by atoms with E-state index in [1.165, 1.54) is 10.5 Å². The molecule has 26 heavy (non-hydrogen) atoms. The number of morpholine rings is 1. The average Bonchev–Trinajstić information content (AvgIpc) is 3.20. The number of ether oxygens (including phenoxy) is 1. The van der Waals surface area contributed by atoms with Crippen molar-refractivity contribution < 1.29 is 14.3 Å². The Morgan fingerprint density at radius 2 is 1.85 bits per heavy atom. The molecule has 1 aromatic carbocycles. The number of urea groups is 1. The summed E-state index contributed by atoms with van der Waals surface area (Å²) in [4.78, 5) is 28.8. The monoisotopic (exact) mass is 357 g/mol. The largest absolute Gasteiger partial charge is 0.368 e. The van der Waals surface area contributed by atoms with Crippen molar-refractivity contribution in [1.29, 1.82) is 0 Å².